The Morgan fingerprint density at radius 2 is 1.72 bits per heavy atom. The minimum Gasteiger partial charge on any atom is -0.507 e. The highest BCUT2D eigenvalue weighted by atomic mass is 16.3. The van der Waals surface area contributed by atoms with E-state index >= 15 is 0 Å². The highest BCUT2D eigenvalue weighted by Crippen LogP contribution is 2.20. The quantitative estimate of drug-likeness (QED) is 0.637. The third-order valence-electron chi connectivity index (χ3n) is 2.81. The normalized spacial score (nSPS) is 10.8. The van der Waals surface area contributed by atoms with E-state index in [0.29, 0.717) is 5.56 Å². The molecule has 2 aromatic carbocycles. The first kappa shape index (κ1) is 12.2. The lowest BCUT2D eigenvalue weighted by Crippen LogP contribution is -1.92. The van der Waals surface area contributed by atoms with E-state index in [0.717, 1.165) is 16.8 Å². The van der Waals surface area contributed by atoms with Crippen LogP contribution in [-0.2, 0) is 0 Å². The molecule has 2 aromatic rings. The molecule has 0 aliphatic heterocycles. The standard InChI is InChI=1S/C15H16N2O/c1-11-8-13(15(18)9-12(11)2)10-16-17-14-6-4-3-5-7-14/h3-10,17-18H,1-2H3. The summed E-state index contributed by atoms with van der Waals surface area (Å²) in [5.74, 6) is 0.247. The topological polar surface area (TPSA) is 44.6 Å². The monoisotopic (exact) mass is 240 g/mol. The van der Waals surface area contributed by atoms with Gasteiger partial charge in [-0.3, -0.25) is 5.43 Å². The average molecular weight is 240 g/mol. The summed E-state index contributed by atoms with van der Waals surface area (Å²) in [5, 5.41) is 13.9. The van der Waals surface area contributed by atoms with Crippen LogP contribution in [0.2, 0.25) is 0 Å². The lowest BCUT2D eigenvalue weighted by atomic mass is 10.1. The number of hydrazone groups is 1. The molecule has 0 unspecified atom stereocenters. The van der Waals surface area contributed by atoms with Crippen molar-refractivity contribution in [2.24, 2.45) is 5.10 Å². The lowest BCUT2D eigenvalue weighted by molar-refractivity contribution is 0.474. The van der Waals surface area contributed by atoms with Crippen molar-refractivity contribution in [1.29, 1.82) is 0 Å². The zero-order valence-electron chi connectivity index (χ0n) is 10.5. The van der Waals surface area contributed by atoms with Crippen LogP contribution >= 0.6 is 0 Å². The summed E-state index contributed by atoms with van der Waals surface area (Å²) < 4.78 is 0. The van der Waals surface area contributed by atoms with Crippen LogP contribution in [0, 0.1) is 13.8 Å². The number of rotatable bonds is 3. The van der Waals surface area contributed by atoms with Gasteiger partial charge in [0.05, 0.1) is 11.9 Å². The third-order valence-corrected chi connectivity index (χ3v) is 2.81. The molecule has 18 heavy (non-hydrogen) atoms. The second-order valence-corrected chi connectivity index (χ2v) is 4.23. The third kappa shape index (κ3) is 2.88. The van der Waals surface area contributed by atoms with Gasteiger partial charge in [-0.2, -0.15) is 5.10 Å². The smallest absolute Gasteiger partial charge is 0.124 e. The van der Waals surface area contributed by atoms with E-state index in [2.05, 4.69) is 10.5 Å². The predicted octanol–water partition coefficient (Wildman–Crippen LogP) is 3.46. The van der Waals surface area contributed by atoms with E-state index in [1.165, 1.54) is 0 Å². The van der Waals surface area contributed by atoms with Crippen LogP contribution in [-0.4, -0.2) is 11.3 Å². The Hall–Kier alpha value is -2.29. The first-order valence-electron chi connectivity index (χ1n) is 5.81. The summed E-state index contributed by atoms with van der Waals surface area (Å²) in [6.45, 7) is 3.98. The molecule has 2 N–H and O–H groups in total. The van der Waals surface area contributed by atoms with Crippen molar-refractivity contribution in [1.82, 2.24) is 0 Å². The van der Waals surface area contributed by atoms with Crippen molar-refractivity contribution in [2.45, 2.75) is 13.8 Å². The van der Waals surface area contributed by atoms with Crippen LogP contribution in [0.3, 0.4) is 0 Å². The highest BCUT2D eigenvalue weighted by Gasteiger charge is 2.01. The van der Waals surface area contributed by atoms with E-state index in [9.17, 15) is 5.11 Å². The Balaban J connectivity index is 2.12. The van der Waals surface area contributed by atoms with Gasteiger partial charge in [0, 0.05) is 5.56 Å². The van der Waals surface area contributed by atoms with Crippen LogP contribution in [0.25, 0.3) is 0 Å². The molecule has 0 atom stereocenters. The van der Waals surface area contributed by atoms with Crippen molar-refractivity contribution in [2.75, 3.05) is 5.43 Å². The second-order valence-electron chi connectivity index (χ2n) is 4.23. The minimum atomic E-state index is 0.247. The molecule has 2 rings (SSSR count). The summed E-state index contributed by atoms with van der Waals surface area (Å²) in [6.07, 6.45) is 1.62. The van der Waals surface area contributed by atoms with E-state index in [-0.39, 0.29) is 5.75 Å². The van der Waals surface area contributed by atoms with E-state index in [1.54, 1.807) is 12.3 Å². The predicted molar refractivity (Wildman–Crippen MR) is 75.2 cm³/mol. The number of aromatic hydroxyl groups is 1. The van der Waals surface area contributed by atoms with Crippen LogP contribution in [0.15, 0.2) is 47.6 Å². The van der Waals surface area contributed by atoms with E-state index in [1.807, 2.05) is 50.2 Å². The number of hydrogen-bond acceptors (Lipinski definition) is 3. The van der Waals surface area contributed by atoms with Crippen LogP contribution in [0.4, 0.5) is 5.69 Å². The molecule has 0 aliphatic rings. The molecule has 0 saturated carbocycles. The number of phenolic OH excluding ortho intramolecular Hbond substituents is 1. The van der Waals surface area contributed by atoms with Crippen molar-refractivity contribution in [3.05, 3.63) is 59.2 Å². The van der Waals surface area contributed by atoms with Gasteiger partial charge in [-0.25, -0.2) is 0 Å². The molecule has 92 valence electrons. The van der Waals surface area contributed by atoms with Gasteiger partial charge in [0.15, 0.2) is 0 Å². The molecular weight excluding hydrogens is 224 g/mol. The van der Waals surface area contributed by atoms with Gasteiger partial charge in [0.25, 0.3) is 0 Å². The van der Waals surface area contributed by atoms with E-state index in [4.69, 9.17) is 0 Å². The van der Waals surface area contributed by atoms with E-state index < -0.39 is 0 Å². The Morgan fingerprint density at radius 3 is 2.44 bits per heavy atom. The molecule has 0 radical (unpaired) electrons. The summed E-state index contributed by atoms with van der Waals surface area (Å²) in [7, 11) is 0. The molecule has 0 aliphatic carbocycles. The summed E-state index contributed by atoms with van der Waals surface area (Å²) in [4.78, 5) is 0. The van der Waals surface area contributed by atoms with Crippen molar-refractivity contribution in [3.63, 3.8) is 0 Å². The highest BCUT2D eigenvalue weighted by molar-refractivity contribution is 5.84. The van der Waals surface area contributed by atoms with Gasteiger partial charge in [0.2, 0.25) is 0 Å². The molecule has 0 saturated heterocycles. The molecular formula is C15H16N2O. The molecule has 0 spiro atoms. The zero-order chi connectivity index (χ0) is 13.0. The maximum Gasteiger partial charge on any atom is 0.124 e. The molecule has 0 aromatic heterocycles. The Kier molecular flexibility index (Phi) is 3.63. The summed E-state index contributed by atoms with van der Waals surface area (Å²) in [6, 6.07) is 13.3. The van der Waals surface area contributed by atoms with Crippen molar-refractivity contribution < 1.29 is 5.11 Å². The largest absolute Gasteiger partial charge is 0.507 e. The number of nitrogens with zero attached hydrogens (tertiary/aromatic N) is 1. The number of phenols is 1. The fourth-order valence-corrected chi connectivity index (χ4v) is 1.62. The zero-order valence-corrected chi connectivity index (χ0v) is 10.5. The Labute approximate surface area is 107 Å². The SMILES string of the molecule is Cc1cc(O)c(C=NNc2ccccc2)cc1C. The number of benzene rings is 2. The summed E-state index contributed by atoms with van der Waals surface area (Å²) >= 11 is 0. The van der Waals surface area contributed by atoms with Crippen LogP contribution < -0.4 is 5.43 Å². The van der Waals surface area contributed by atoms with Crippen LogP contribution in [0.1, 0.15) is 16.7 Å². The fourth-order valence-electron chi connectivity index (χ4n) is 1.62. The Bertz CT molecular complexity index is 562. The van der Waals surface area contributed by atoms with Crippen LogP contribution in [0.5, 0.6) is 5.75 Å². The van der Waals surface area contributed by atoms with Crippen molar-refractivity contribution in [3.8, 4) is 5.75 Å². The van der Waals surface area contributed by atoms with Gasteiger partial charge in [0.1, 0.15) is 5.75 Å². The van der Waals surface area contributed by atoms with Gasteiger partial charge < -0.3 is 5.11 Å². The lowest BCUT2D eigenvalue weighted by Gasteiger charge is -2.04. The first-order valence-corrected chi connectivity index (χ1v) is 5.81. The molecule has 3 nitrogen and oxygen atoms in total. The van der Waals surface area contributed by atoms with Gasteiger partial charge >= 0.3 is 0 Å². The van der Waals surface area contributed by atoms with Gasteiger partial charge in [-0.15, -0.1) is 0 Å². The maximum atomic E-state index is 9.79. The molecule has 0 bridgehead atoms. The maximum absolute atomic E-state index is 9.79. The molecule has 0 fully saturated rings. The fraction of sp³-hybridized carbons (Fsp3) is 0.133. The minimum absolute atomic E-state index is 0.247. The molecule has 0 heterocycles. The van der Waals surface area contributed by atoms with Gasteiger partial charge in [-0.1, -0.05) is 18.2 Å². The average Bonchev–Trinajstić information content (AvgIpc) is 2.37. The number of aryl methyl sites for hydroxylation is 2. The number of para-hydroxylation sites is 1. The number of nitrogens with one attached hydrogen (secondary N) is 1. The molecule has 3 heteroatoms. The van der Waals surface area contributed by atoms with Gasteiger partial charge in [-0.05, 0) is 49.2 Å². The summed E-state index contributed by atoms with van der Waals surface area (Å²) in [5.41, 5.74) is 6.74. The molecule has 0 amide bonds. The first-order chi connectivity index (χ1) is 8.66. The number of anilines is 1. The van der Waals surface area contributed by atoms with Crippen molar-refractivity contribution >= 4 is 11.9 Å². The second kappa shape index (κ2) is 5.36. The number of hydrogen-bond donors (Lipinski definition) is 2. The Morgan fingerprint density at radius 1 is 1.06 bits per heavy atom.